The lowest BCUT2D eigenvalue weighted by molar-refractivity contribution is 0.245. The summed E-state index contributed by atoms with van der Waals surface area (Å²) in [7, 11) is 2.04. The highest BCUT2D eigenvalue weighted by molar-refractivity contribution is 5.77. The molecule has 5 aromatic rings. The van der Waals surface area contributed by atoms with Crippen molar-refractivity contribution >= 4 is 10.9 Å². The van der Waals surface area contributed by atoms with Gasteiger partial charge < -0.3 is 4.74 Å². The van der Waals surface area contributed by atoms with Gasteiger partial charge in [-0.25, -0.2) is 14.6 Å². The summed E-state index contributed by atoms with van der Waals surface area (Å²) in [4.78, 5) is 24.7. The van der Waals surface area contributed by atoms with Crippen LogP contribution in [0.2, 0.25) is 0 Å². The zero-order chi connectivity index (χ0) is 25.1. The van der Waals surface area contributed by atoms with E-state index >= 15 is 0 Å². The number of nitrogens with zero attached hydrogens (tertiary/aromatic N) is 6. The molecule has 0 unspecified atom stereocenters. The molecule has 0 saturated heterocycles. The third-order valence-electron chi connectivity index (χ3n) is 6.36. The van der Waals surface area contributed by atoms with Crippen LogP contribution in [0.4, 0.5) is 0 Å². The van der Waals surface area contributed by atoms with E-state index in [1.807, 2.05) is 74.6 Å². The van der Waals surface area contributed by atoms with Crippen LogP contribution in [0.15, 0.2) is 90.2 Å². The Hall–Kier alpha value is -4.30. The number of fused-ring (bicyclic) bond motifs is 1. The van der Waals surface area contributed by atoms with Gasteiger partial charge in [0, 0.05) is 6.04 Å². The van der Waals surface area contributed by atoms with E-state index in [2.05, 4.69) is 34.0 Å². The minimum absolute atomic E-state index is 0.0852. The predicted octanol–water partition coefficient (Wildman–Crippen LogP) is 4.56. The summed E-state index contributed by atoms with van der Waals surface area (Å²) in [5.74, 6) is 1.45. The molecule has 1 atom stereocenters. The van der Waals surface area contributed by atoms with Crippen molar-refractivity contribution in [2.24, 2.45) is 0 Å². The monoisotopic (exact) mass is 480 g/mol. The van der Waals surface area contributed by atoms with Crippen LogP contribution < -0.4 is 10.3 Å². The van der Waals surface area contributed by atoms with Crippen LogP contribution in [0.3, 0.4) is 0 Å². The predicted molar refractivity (Wildman–Crippen MR) is 140 cm³/mol. The van der Waals surface area contributed by atoms with Crippen LogP contribution in [0.25, 0.3) is 22.3 Å². The van der Waals surface area contributed by atoms with E-state index in [1.165, 1.54) is 6.33 Å². The first-order valence-corrected chi connectivity index (χ1v) is 11.9. The Balaban J connectivity index is 1.48. The van der Waals surface area contributed by atoms with Crippen LogP contribution >= 0.6 is 0 Å². The van der Waals surface area contributed by atoms with Crippen molar-refractivity contribution in [2.75, 3.05) is 13.7 Å². The molecule has 0 aliphatic carbocycles. The van der Waals surface area contributed by atoms with Crippen molar-refractivity contribution in [3.8, 4) is 17.1 Å². The number of aromatic nitrogens is 5. The molecular formula is C28H28N6O2. The Morgan fingerprint density at radius 2 is 1.69 bits per heavy atom. The van der Waals surface area contributed by atoms with E-state index in [9.17, 15) is 4.79 Å². The van der Waals surface area contributed by atoms with Crippen LogP contribution in [-0.4, -0.2) is 42.9 Å². The van der Waals surface area contributed by atoms with Crippen molar-refractivity contribution in [3.05, 3.63) is 107 Å². The molecule has 2 aromatic heterocycles. The van der Waals surface area contributed by atoms with Gasteiger partial charge in [-0.15, -0.1) is 0 Å². The molecule has 2 heterocycles. The molecule has 8 heteroatoms. The summed E-state index contributed by atoms with van der Waals surface area (Å²) < 4.78 is 9.02. The van der Waals surface area contributed by atoms with Crippen molar-refractivity contribution < 1.29 is 4.74 Å². The number of benzene rings is 3. The molecule has 0 spiro atoms. The van der Waals surface area contributed by atoms with E-state index in [1.54, 1.807) is 15.6 Å². The summed E-state index contributed by atoms with van der Waals surface area (Å²) >= 11 is 0. The highest BCUT2D eigenvalue weighted by Gasteiger charge is 2.18. The minimum atomic E-state index is -0.0852. The molecule has 0 amide bonds. The maximum Gasteiger partial charge on any atom is 0.266 e. The Morgan fingerprint density at radius 1 is 0.972 bits per heavy atom. The normalized spacial score (nSPS) is 12.2. The molecule has 0 fully saturated rings. The lowest BCUT2D eigenvalue weighted by atomic mass is 10.1. The first kappa shape index (κ1) is 23.4. The van der Waals surface area contributed by atoms with E-state index in [-0.39, 0.29) is 11.6 Å². The maximum absolute atomic E-state index is 13.6. The second-order valence-corrected chi connectivity index (χ2v) is 8.64. The van der Waals surface area contributed by atoms with Gasteiger partial charge in [-0.05, 0) is 75.0 Å². The highest BCUT2D eigenvalue weighted by Crippen LogP contribution is 2.23. The van der Waals surface area contributed by atoms with E-state index < -0.39 is 0 Å². The fourth-order valence-corrected chi connectivity index (χ4v) is 4.27. The molecular weight excluding hydrogens is 452 g/mol. The Morgan fingerprint density at radius 3 is 2.39 bits per heavy atom. The van der Waals surface area contributed by atoms with Gasteiger partial charge in [0.25, 0.3) is 5.56 Å². The van der Waals surface area contributed by atoms with E-state index in [4.69, 9.17) is 9.72 Å². The highest BCUT2D eigenvalue weighted by atomic mass is 16.5. The van der Waals surface area contributed by atoms with Crippen molar-refractivity contribution in [1.82, 2.24) is 29.2 Å². The fourth-order valence-electron chi connectivity index (χ4n) is 4.27. The largest absolute Gasteiger partial charge is 0.494 e. The quantitative estimate of drug-likeness (QED) is 0.324. The van der Waals surface area contributed by atoms with Crippen LogP contribution in [0.1, 0.15) is 31.3 Å². The topological polar surface area (TPSA) is 78.1 Å². The van der Waals surface area contributed by atoms with Gasteiger partial charge in [0.2, 0.25) is 0 Å². The Labute approximate surface area is 209 Å². The molecule has 0 radical (unpaired) electrons. The number of ether oxygens (including phenoxy) is 1. The SMILES string of the molecule is CCOc1ccc(-n2c(CN(C)[C@H](C)c3ccc(-n4cncn4)cc3)nc3ccccc3c2=O)cc1. The maximum atomic E-state index is 13.6. The second-order valence-electron chi connectivity index (χ2n) is 8.64. The molecule has 5 rings (SSSR count). The summed E-state index contributed by atoms with van der Waals surface area (Å²) in [6.45, 7) is 5.16. The third-order valence-corrected chi connectivity index (χ3v) is 6.36. The van der Waals surface area contributed by atoms with Crippen molar-refractivity contribution in [1.29, 1.82) is 0 Å². The second kappa shape index (κ2) is 10.1. The van der Waals surface area contributed by atoms with Crippen LogP contribution in [-0.2, 0) is 6.54 Å². The zero-order valence-corrected chi connectivity index (χ0v) is 20.6. The van der Waals surface area contributed by atoms with Gasteiger partial charge in [-0.2, -0.15) is 5.10 Å². The Bertz CT molecular complexity index is 1510. The number of hydrogen-bond acceptors (Lipinski definition) is 6. The average Bonchev–Trinajstić information content (AvgIpc) is 3.45. The molecule has 8 nitrogen and oxygen atoms in total. The van der Waals surface area contributed by atoms with E-state index in [0.717, 1.165) is 22.7 Å². The smallest absolute Gasteiger partial charge is 0.266 e. The first-order chi connectivity index (χ1) is 17.5. The van der Waals surface area contributed by atoms with Crippen molar-refractivity contribution in [3.63, 3.8) is 0 Å². The summed E-state index contributed by atoms with van der Waals surface area (Å²) in [5, 5.41) is 4.78. The molecule has 0 saturated carbocycles. The molecule has 36 heavy (non-hydrogen) atoms. The lowest BCUT2D eigenvalue weighted by Gasteiger charge is -2.26. The standard InChI is InChI=1S/C28H28N6O2/c1-4-36-24-15-13-23(14-16-24)34-27(31-26-8-6-5-7-25(26)28(34)35)17-32(3)20(2)21-9-11-22(12-10-21)33-19-29-18-30-33/h5-16,18-20H,4,17H2,1-3H3/t20-/m1/s1. The lowest BCUT2D eigenvalue weighted by Crippen LogP contribution is -2.29. The van der Waals surface area contributed by atoms with Crippen LogP contribution in [0, 0.1) is 0 Å². The summed E-state index contributed by atoms with van der Waals surface area (Å²) in [5.41, 5.74) is 3.47. The van der Waals surface area contributed by atoms with Gasteiger partial charge >= 0.3 is 0 Å². The third kappa shape index (κ3) is 4.63. The Kier molecular flexibility index (Phi) is 6.60. The minimum Gasteiger partial charge on any atom is -0.494 e. The van der Waals surface area contributed by atoms with Gasteiger partial charge in [0.1, 0.15) is 24.2 Å². The molecule has 0 N–H and O–H groups in total. The number of hydrogen-bond donors (Lipinski definition) is 0. The van der Waals surface area contributed by atoms with Crippen LogP contribution in [0.5, 0.6) is 5.75 Å². The first-order valence-electron chi connectivity index (χ1n) is 11.9. The molecule has 3 aromatic carbocycles. The number of para-hydroxylation sites is 1. The van der Waals surface area contributed by atoms with Crippen molar-refractivity contribution in [2.45, 2.75) is 26.4 Å². The van der Waals surface area contributed by atoms with Gasteiger partial charge in [-0.1, -0.05) is 24.3 Å². The average molecular weight is 481 g/mol. The van der Waals surface area contributed by atoms with Gasteiger partial charge in [0.05, 0.1) is 35.4 Å². The molecule has 0 aliphatic heterocycles. The summed E-state index contributed by atoms with van der Waals surface area (Å²) in [6, 6.07) is 23.4. The van der Waals surface area contributed by atoms with Gasteiger partial charge in [0.15, 0.2) is 0 Å². The van der Waals surface area contributed by atoms with E-state index in [0.29, 0.717) is 29.9 Å². The van der Waals surface area contributed by atoms with Gasteiger partial charge in [-0.3, -0.25) is 14.3 Å². The fraction of sp³-hybridized carbons (Fsp3) is 0.214. The molecule has 182 valence electrons. The molecule has 0 aliphatic rings. The zero-order valence-electron chi connectivity index (χ0n) is 20.6. The number of rotatable bonds is 8. The summed E-state index contributed by atoms with van der Waals surface area (Å²) in [6.07, 6.45) is 3.20. The molecule has 0 bridgehead atoms.